The van der Waals surface area contributed by atoms with Crippen LogP contribution in [0.25, 0.3) is 0 Å². The molecule has 2 N–H and O–H groups in total. The molecule has 0 aromatic heterocycles. The van der Waals surface area contributed by atoms with E-state index in [1.165, 1.54) is 0 Å². The topological polar surface area (TPSA) is 57.5 Å². The number of aliphatic hydroxyl groups is 1. The van der Waals surface area contributed by atoms with Crippen LogP contribution in [0.3, 0.4) is 0 Å². The second-order valence-corrected chi connectivity index (χ2v) is 2.30. The molecule has 0 radical (unpaired) electrons. The normalized spacial score (nSPS) is 10.1. The van der Waals surface area contributed by atoms with Crippen LogP contribution in [0.4, 0.5) is 0 Å². The summed E-state index contributed by atoms with van der Waals surface area (Å²) >= 11 is 0. The molecule has 0 aromatic carbocycles. The van der Waals surface area contributed by atoms with Gasteiger partial charge in [-0.1, -0.05) is 31.2 Å². The van der Waals surface area contributed by atoms with Crippen molar-refractivity contribution in [3.05, 3.63) is 24.3 Å². The van der Waals surface area contributed by atoms with Gasteiger partial charge in [0.1, 0.15) is 0 Å². The molecule has 76 valence electrons. The van der Waals surface area contributed by atoms with Gasteiger partial charge in [-0.2, -0.15) is 0 Å². The van der Waals surface area contributed by atoms with Crippen LogP contribution in [-0.4, -0.2) is 22.8 Å². The van der Waals surface area contributed by atoms with Crippen molar-refractivity contribution in [2.24, 2.45) is 0 Å². The third kappa shape index (κ3) is 35.9. The zero-order chi connectivity index (χ0) is 10.5. The molecule has 0 aliphatic heterocycles. The molecular weight excluding hydrogens is 168 g/mol. The molecule has 0 amide bonds. The fourth-order valence-electron chi connectivity index (χ4n) is 0.464. The Kier molecular flexibility index (Phi) is 15.0. The highest BCUT2D eigenvalue weighted by molar-refractivity contribution is 5.62. The Bertz CT molecular complexity index is 156. The first-order chi connectivity index (χ1) is 6.15. The standard InChI is InChI=1S/C8H14O.C2H4O2/c1-2-3-4-5-6-7-8-9;1-2(3)4/h3-6,9H,2,7-8H2,1H3;1H3,(H,3,4). The van der Waals surface area contributed by atoms with Crippen molar-refractivity contribution in [1.29, 1.82) is 0 Å². The summed E-state index contributed by atoms with van der Waals surface area (Å²) in [5.41, 5.74) is 0. The Hall–Kier alpha value is -1.09. The Balaban J connectivity index is 0. The lowest BCUT2D eigenvalue weighted by Crippen LogP contribution is -1.78. The van der Waals surface area contributed by atoms with E-state index in [0.29, 0.717) is 0 Å². The number of hydrogen-bond donors (Lipinski definition) is 2. The van der Waals surface area contributed by atoms with Crippen molar-refractivity contribution in [1.82, 2.24) is 0 Å². The summed E-state index contributed by atoms with van der Waals surface area (Å²) < 4.78 is 0. The minimum absolute atomic E-state index is 0.246. The number of carbonyl (C=O) groups is 1. The van der Waals surface area contributed by atoms with Gasteiger partial charge in [-0.3, -0.25) is 4.79 Å². The predicted molar refractivity (Wildman–Crippen MR) is 53.6 cm³/mol. The van der Waals surface area contributed by atoms with E-state index in [1.54, 1.807) is 0 Å². The zero-order valence-corrected chi connectivity index (χ0v) is 8.23. The molecule has 0 aliphatic carbocycles. The highest BCUT2D eigenvalue weighted by atomic mass is 16.4. The molecule has 3 nitrogen and oxygen atoms in total. The van der Waals surface area contributed by atoms with Crippen molar-refractivity contribution >= 4 is 5.97 Å². The molecule has 0 aromatic rings. The van der Waals surface area contributed by atoms with Crippen molar-refractivity contribution in [3.63, 3.8) is 0 Å². The van der Waals surface area contributed by atoms with Gasteiger partial charge in [-0.25, -0.2) is 0 Å². The maximum atomic E-state index is 9.00. The van der Waals surface area contributed by atoms with Gasteiger partial charge in [-0.05, 0) is 12.8 Å². The number of allylic oxidation sites excluding steroid dienone is 3. The number of carboxylic acids is 1. The minimum atomic E-state index is -0.833. The average Bonchev–Trinajstić information content (AvgIpc) is 2.03. The zero-order valence-electron chi connectivity index (χ0n) is 8.23. The van der Waals surface area contributed by atoms with E-state index in [-0.39, 0.29) is 6.61 Å². The largest absolute Gasteiger partial charge is 0.481 e. The Morgan fingerprint density at radius 1 is 1.31 bits per heavy atom. The van der Waals surface area contributed by atoms with Crippen molar-refractivity contribution in [2.45, 2.75) is 26.7 Å². The first-order valence-electron chi connectivity index (χ1n) is 4.27. The fraction of sp³-hybridized carbons (Fsp3) is 0.500. The summed E-state index contributed by atoms with van der Waals surface area (Å²) in [5, 5.41) is 15.8. The SMILES string of the molecule is CC(=O)O.CCC=CC=CCCO. The molecular formula is C10H18O3. The number of aliphatic hydroxyl groups excluding tert-OH is 1. The van der Waals surface area contributed by atoms with Crippen molar-refractivity contribution in [3.8, 4) is 0 Å². The summed E-state index contributed by atoms with van der Waals surface area (Å²) in [4.78, 5) is 9.00. The number of rotatable bonds is 4. The second kappa shape index (κ2) is 13.5. The number of aliphatic carboxylic acids is 1. The van der Waals surface area contributed by atoms with Crippen molar-refractivity contribution < 1.29 is 15.0 Å². The van der Waals surface area contributed by atoms with Gasteiger partial charge in [0.15, 0.2) is 0 Å². The van der Waals surface area contributed by atoms with E-state index < -0.39 is 5.97 Å². The highest BCUT2D eigenvalue weighted by Crippen LogP contribution is 1.84. The smallest absolute Gasteiger partial charge is 0.300 e. The third-order valence-corrected chi connectivity index (χ3v) is 0.915. The van der Waals surface area contributed by atoms with Gasteiger partial charge in [0.05, 0.1) is 0 Å². The van der Waals surface area contributed by atoms with Crippen molar-refractivity contribution in [2.75, 3.05) is 6.61 Å². The monoisotopic (exact) mass is 186 g/mol. The lowest BCUT2D eigenvalue weighted by Gasteiger charge is -1.79. The fourth-order valence-corrected chi connectivity index (χ4v) is 0.464. The Labute approximate surface area is 79.4 Å². The van der Waals surface area contributed by atoms with Gasteiger partial charge in [0.2, 0.25) is 0 Å². The Morgan fingerprint density at radius 2 is 1.77 bits per heavy atom. The van der Waals surface area contributed by atoms with Crippen LogP contribution in [0.2, 0.25) is 0 Å². The summed E-state index contributed by atoms with van der Waals surface area (Å²) in [6, 6.07) is 0. The minimum Gasteiger partial charge on any atom is -0.481 e. The van der Waals surface area contributed by atoms with Gasteiger partial charge in [0.25, 0.3) is 5.97 Å². The van der Waals surface area contributed by atoms with Crippen LogP contribution in [0.1, 0.15) is 26.7 Å². The van der Waals surface area contributed by atoms with Crippen LogP contribution in [0.5, 0.6) is 0 Å². The van der Waals surface area contributed by atoms with Gasteiger partial charge < -0.3 is 10.2 Å². The quantitative estimate of drug-likeness (QED) is 0.660. The van der Waals surface area contributed by atoms with E-state index >= 15 is 0 Å². The molecule has 0 aliphatic rings. The van der Waals surface area contributed by atoms with Crippen LogP contribution in [-0.2, 0) is 4.79 Å². The van der Waals surface area contributed by atoms with Gasteiger partial charge in [-0.15, -0.1) is 0 Å². The molecule has 3 heteroatoms. The summed E-state index contributed by atoms with van der Waals surface area (Å²) in [6.07, 6.45) is 9.81. The molecule has 0 rings (SSSR count). The van der Waals surface area contributed by atoms with Crippen LogP contribution in [0.15, 0.2) is 24.3 Å². The molecule has 0 atom stereocenters. The lowest BCUT2D eigenvalue weighted by molar-refractivity contribution is -0.134. The van der Waals surface area contributed by atoms with E-state index in [9.17, 15) is 0 Å². The predicted octanol–water partition coefficient (Wildman–Crippen LogP) is 1.98. The van der Waals surface area contributed by atoms with E-state index in [1.807, 2.05) is 18.2 Å². The lowest BCUT2D eigenvalue weighted by atomic mass is 10.3. The molecule has 0 saturated heterocycles. The molecule has 0 saturated carbocycles. The second-order valence-electron chi connectivity index (χ2n) is 2.30. The van der Waals surface area contributed by atoms with Gasteiger partial charge in [0, 0.05) is 13.5 Å². The first-order valence-corrected chi connectivity index (χ1v) is 4.27. The number of carboxylic acid groups (broad SMARTS) is 1. The third-order valence-electron chi connectivity index (χ3n) is 0.915. The molecule has 0 spiro atoms. The van der Waals surface area contributed by atoms with Gasteiger partial charge >= 0.3 is 0 Å². The highest BCUT2D eigenvalue weighted by Gasteiger charge is 1.69. The maximum Gasteiger partial charge on any atom is 0.300 e. The molecule has 0 unspecified atom stereocenters. The number of hydrogen-bond acceptors (Lipinski definition) is 2. The summed E-state index contributed by atoms with van der Waals surface area (Å²) in [7, 11) is 0. The van der Waals surface area contributed by atoms with Crippen LogP contribution >= 0.6 is 0 Å². The Morgan fingerprint density at radius 3 is 2.15 bits per heavy atom. The molecule has 0 heterocycles. The maximum absolute atomic E-state index is 9.00. The van der Waals surface area contributed by atoms with Crippen LogP contribution in [0, 0.1) is 0 Å². The van der Waals surface area contributed by atoms with E-state index in [2.05, 4.69) is 13.0 Å². The van der Waals surface area contributed by atoms with E-state index in [0.717, 1.165) is 19.8 Å². The van der Waals surface area contributed by atoms with E-state index in [4.69, 9.17) is 15.0 Å². The molecule has 0 bridgehead atoms. The average molecular weight is 186 g/mol. The first kappa shape index (κ1) is 14.4. The summed E-state index contributed by atoms with van der Waals surface area (Å²) in [5.74, 6) is -0.833. The van der Waals surface area contributed by atoms with Crippen LogP contribution < -0.4 is 0 Å². The molecule has 0 fully saturated rings. The molecule has 13 heavy (non-hydrogen) atoms. The summed E-state index contributed by atoms with van der Waals surface area (Å²) in [6.45, 7) is 3.42.